The Hall–Kier alpha value is -1.72. The van der Waals surface area contributed by atoms with Crippen molar-refractivity contribution in [2.24, 2.45) is 0 Å². The van der Waals surface area contributed by atoms with Crippen LogP contribution < -0.4 is 5.32 Å². The molecule has 3 heterocycles. The average molecular weight is 381 g/mol. The van der Waals surface area contributed by atoms with Gasteiger partial charge in [-0.3, -0.25) is 4.57 Å². The average Bonchev–Trinajstić information content (AvgIpc) is 3.16. The monoisotopic (exact) mass is 381 g/mol. The normalized spacial score (nSPS) is 25.6. The second-order valence-electron chi connectivity index (χ2n) is 6.27. The molecule has 3 rings (SSSR count). The lowest BCUT2D eigenvalue weighted by Gasteiger charge is -2.17. The van der Waals surface area contributed by atoms with E-state index in [2.05, 4.69) is 20.3 Å². The Morgan fingerprint density at radius 3 is 2.73 bits per heavy atom. The smallest absolute Gasteiger partial charge is 0.191 e. The summed E-state index contributed by atoms with van der Waals surface area (Å²) in [7, 11) is 0. The van der Waals surface area contributed by atoms with Crippen molar-refractivity contribution in [2.75, 3.05) is 24.7 Å². The van der Waals surface area contributed by atoms with Gasteiger partial charge in [-0.2, -0.15) is 0 Å². The first-order chi connectivity index (χ1) is 12.5. The van der Waals surface area contributed by atoms with Crippen molar-refractivity contribution in [3.63, 3.8) is 0 Å². The summed E-state index contributed by atoms with van der Waals surface area (Å²) in [6, 6.07) is 0. The van der Waals surface area contributed by atoms with Crippen molar-refractivity contribution >= 4 is 28.7 Å². The number of nitrogens with zero attached hydrogens (tertiary/aromatic N) is 4. The molecule has 1 saturated heterocycles. The van der Waals surface area contributed by atoms with Crippen molar-refractivity contribution in [2.45, 2.75) is 43.5 Å². The van der Waals surface area contributed by atoms with Gasteiger partial charge in [0.1, 0.15) is 18.3 Å². The van der Waals surface area contributed by atoms with Gasteiger partial charge in [-0.1, -0.05) is 23.4 Å². The molecule has 1 aliphatic heterocycles. The molecule has 2 aromatic rings. The highest BCUT2D eigenvalue weighted by atomic mass is 32.2. The minimum atomic E-state index is -1.20. The van der Waals surface area contributed by atoms with E-state index in [9.17, 15) is 15.3 Å². The van der Waals surface area contributed by atoms with E-state index in [0.717, 1.165) is 0 Å². The molecule has 1 aliphatic rings. The third kappa shape index (κ3) is 3.55. The summed E-state index contributed by atoms with van der Waals surface area (Å²) in [5, 5.41) is 33.3. The van der Waals surface area contributed by atoms with E-state index < -0.39 is 24.5 Å². The van der Waals surface area contributed by atoms with Crippen LogP contribution in [-0.4, -0.2) is 72.6 Å². The maximum absolute atomic E-state index is 10.3. The number of aliphatic hydroxyl groups excluding tert-OH is 3. The second-order valence-corrected chi connectivity index (χ2v) is 7.05. The summed E-state index contributed by atoms with van der Waals surface area (Å²) < 4.78 is 7.15. The Labute approximate surface area is 155 Å². The molecule has 0 amide bonds. The molecule has 4 N–H and O–H groups in total. The van der Waals surface area contributed by atoms with Crippen LogP contribution in [-0.2, 0) is 4.74 Å². The van der Waals surface area contributed by atoms with Crippen molar-refractivity contribution in [3.8, 4) is 0 Å². The molecule has 142 valence electrons. The third-order valence-electron chi connectivity index (χ3n) is 4.15. The highest BCUT2D eigenvalue weighted by Gasteiger charge is 2.44. The van der Waals surface area contributed by atoms with E-state index in [0.29, 0.717) is 28.7 Å². The molecule has 1 unspecified atom stereocenters. The Kier molecular flexibility index (Phi) is 5.78. The SMILES string of the molecule is CSc1nc(NCC=C(C)C)c2ncn([C@@H]3O[C@H](CO)[C@H](O)C3O)c2n1. The fourth-order valence-electron chi connectivity index (χ4n) is 2.76. The van der Waals surface area contributed by atoms with Gasteiger partial charge in [-0.05, 0) is 20.1 Å². The largest absolute Gasteiger partial charge is 0.394 e. The number of imidazole rings is 1. The first-order valence-electron chi connectivity index (χ1n) is 8.24. The number of aromatic nitrogens is 4. The van der Waals surface area contributed by atoms with Crippen LogP contribution in [0.3, 0.4) is 0 Å². The molecule has 1 fully saturated rings. The summed E-state index contributed by atoms with van der Waals surface area (Å²) in [5.74, 6) is 0.586. The summed E-state index contributed by atoms with van der Waals surface area (Å²) in [5.41, 5.74) is 2.21. The van der Waals surface area contributed by atoms with Crippen LogP contribution in [0.5, 0.6) is 0 Å². The molecule has 0 radical (unpaired) electrons. The molecule has 26 heavy (non-hydrogen) atoms. The van der Waals surface area contributed by atoms with E-state index >= 15 is 0 Å². The Bertz CT molecular complexity index is 807. The highest BCUT2D eigenvalue weighted by molar-refractivity contribution is 7.98. The van der Waals surface area contributed by atoms with Gasteiger partial charge in [0.2, 0.25) is 0 Å². The first kappa shape index (κ1) is 19.1. The minimum Gasteiger partial charge on any atom is -0.394 e. The van der Waals surface area contributed by atoms with Gasteiger partial charge in [0, 0.05) is 6.54 Å². The fourth-order valence-corrected chi connectivity index (χ4v) is 3.12. The quantitative estimate of drug-likeness (QED) is 0.322. The van der Waals surface area contributed by atoms with Crippen molar-refractivity contribution in [1.29, 1.82) is 0 Å². The second kappa shape index (κ2) is 7.89. The van der Waals surface area contributed by atoms with Crippen LogP contribution in [0, 0.1) is 0 Å². The van der Waals surface area contributed by atoms with Gasteiger partial charge in [-0.25, -0.2) is 15.0 Å². The molecule has 0 aliphatic carbocycles. The summed E-state index contributed by atoms with van der Waals surface area (Å²) in [6.07, 6.45) is 1.28. The molecule has 0 aromatic carbocycles. The predicted molar refractivity (Wildman–Crippen MR) is 98.0 cm³/mol. The maximum atomic E-state index is 10.3. The number of hydrogen-bond donors (Lipinski definition) is 4. The molecule has 2 aromatic heterocycles. The van der Waals surface area contributed by atoms with E-state index in [4.69, 9.17) is 4.74 Å². The first-order valence-corrected chi connectivity index (χ1v) is 9.47. The lowest BCUT2D eigenvalue weighted by atomic mass is 10.1. The summed E-state index contributed by atoms with van der Waals surface area (Å²) in [4.78, 5) is 13.3. The van der Waals surface area contributed by atoms with Gasteiger partial charge >= 0.3 is 0 Å². The zero-order valence-corrected chi connectivity index (χ0v) is 15.6. The van der Waals surface area contributed by atoms with Crippen LogP contribution >= 0.6 is 11.8 Å². The van der Waals surface area contributed by atoms with E-state index in [1.54, 1.807) is 4.57 Å². The van der Waals surface area contributed by atoms with Crippen molar-refractivity contribution in [1.82, 2.24) is 19.5 Å². The lowest BCUT2D eigenvalue weighted by Crippen LogP contribution is -2.33. The van der Waals surface area contributed by atoms with E-state index in [1.165, 1.54) is 23.7 Å². The number of anilines is 1. The number of aliphatic hydroxyl groups is 3. The van der Waals surface area contributed by atoms with Crippen LogP contribution in [0.15, 0.2) is 23.1 Å². The zero-order valence-electron chi connectivity index (χ0n) is 14.8. The van der Waals surface area contributed by atoms with Gasteiger partial charge in [0.25, 0.3) is 0 Å². The van der Waals surface area contributed by atoms with Crippen LogP contribution in [0.2, 0.25) is 0 Å². The number of hydrogen-bond acceptors (Lipinski definition) is 9. The number of allylic oxidation sites excluding steroid dienone is 1. The maximum Gasteiger partial charge on any atom is 0.191 e. The van der Waals surface area contributed by atoms with Gasteiger partial charge in [0.15, 0.2) is 28.4 Å². The highest BCUT2D eigenvalue weighted by Crippen LogP contribution is 2.32. The third-order valence-corrected chi connectivity index (χ3v) is 4.70. The van der Waals surface area contributed by atoms with Crippen LogP contribution in [0.1, 0.15) is 20.1 Å². The Morgan fingerprint density at radius 2 is 2.12 bits per heavy atom. The van der Waals surface area contributed by atoms with Gasteiger partial charge in [-0.15, -0.1) is 0 Å². The summed E-state index contributed by atoms with van der Waals surface area (Å²) in [6.45, 7) is 4.24. The molecule has 9 nitrogen and oxygen atoms in total. The van der Waals surface area contributed by atoms with Crippen molar-refractivity contribution < 1.29 is 20.1 Å². The topological polar surface area (TPSA) is 126 Å². The molecule has 0 saturated carbocycles. The van der Waals surface area contributed by atoms with Crippen LogP contribution in [0.25, 0.3) is 11.2 Å². The number of ether oxygens (including phenoxy) is 1. The Morgan fingerprint density at radius 1 is 1.35 bits per heavy atom. The fraction of sp³-hybridized carbons (Fsp3) is 0.562. The number of rotatable bonds is 6. The molecule has 4 atom stereocenters. The Balaban J connectivity index is 1.99. The number of fused-ring (bicyclic) bond motifs is 1. The predicted octanol–water partition coefficient (Wildman–Crippen LogP) is 0.538. The number of thioether (sulfide) groups is 1. The van der Waals surface area contributed by atoms with E-state index in [-0.39, 0.29) is 6.61 Å². The van der Waals surface area contributed by atoms with E-state index in [1.807, 2.05) is 26.2 Å². The minimum absolute atomic E-state index is 0.387. The lowest BCUT2D eigenvalue weighted by molar-refractivity contribution is -0.0511. The van der Waals surface area contributed by atoms with Crippen LogP contribution in [0.4, 0.5) is 5.82 Å². The van der Waals surface area contributed by atoms with Gasteiger partial charge < -0.3 is 25.4 Å². The molecule has 0 spiro atoms. The molecule has 0 bridgehead atoms. The number of nitrogens with one attached hydrogen (secondary N) is 1. The molecular weight excluding hydrogens is 358 g/mol. The van der Waals surface area contributed by atoms with Gasteiger partial charge in [0.05, 0.1) is 12.9 Å². The molecule has 10 heteroatoms. The molecular formula is C16H23N5O4S. The van der Waals surface area contributed by atoms with Crippen molar-refractivity contribution in [3.05, 3.63) is 18.0 Å². The standard InChI is InChI=1S/C16H23N5O4S/c1-8(2)4-5-17-13-10-14(20-16(19-13)26-3)21(7-18-10)15-12(24)11(23)9(6-22)25-15/h4,7,9,11-12,15,22-24H,5-6H2,1-3H3,(H,17,19,20)/t9-,11+,12?,15-/m1/s1. The summed E-state index contributed by atoms with van der Waals surface area (Å²) >= 11 is 1.39. The zero-order chi connectivity index (χ0) is 18.8.